The molecule has 0 amide bonds. The van der Waals surface area contributed by atoms with Crippen LogP contribution >= 0.6 is 0 Å². The second-order valence-corrected chi connectivity index (χ2v) is 4.70. The van der Waals surface area contributed by atoms with E-state index in [0.29, 0.717) is 0 Å². The molecule has 0 saturated carbocycles. The van der Waals surface area contributed by atoms with Crippen molar-refractivity contribution >= 4 is 10.8 Å². The number of hydrogen-bond donors (Lipinski definition) is 1. The van der Waals surface area contributed by atoms with Crippen molar-refractivity contribution in [1.82, 2.24) is 4.98 Å². The number of fused-ring (bicyclic) bond motifs is 1. The van der Waals surface area contributed by atoms with E-state index in [4.69, 9.17) is 0 Å². The molecule has 2 aromatic carbocycles. The van der Waals surface area contributed by atoms with Crippen molar-refractivity contribution in [3.8, 4) is 0 Å². The van der Waals surface area contributed by atoms with E-state index >= 15 is 0 Å². The van der Waals surface area contributed by atoms with Crippen LogP contribution in [0.4, 0.5) is 0 Å². The lowest BCUT2D eigenvalue weighted by Crippen LogP contribution is -2.02. The number of aliphatic hydroxyl groups excluding tert-OH is 1. The first kappa shape index (κ1) is 11.9. The third kappa shape index (κ3) is 2.11. The monoisotopic (exact) mass is 249 g/mol. The fraction of sp³-hybridized carbons (Fsp3) is 0.118. The Balaban J connectivity index is 2.17. The molecular formula is C17H15NO. The van der Waals surface area contributed by atoms with Crippen molar-refractivity contribution in [1.29, 1.82) is 0 Å². The van der Waals surface area contributed by atoms with Gasteiger partial charge in [-0.05, 0) is 35.1 Å². The van der Waals surface area contributed by atoms with E-state index in [1.54, 1.807) is 6.20 Å². The molecule has 94 valence electrons. The Morgan fingerprint density at radius 1 is 0.947 bits per heavy atom. The van der Waals surface area contributed by atoms with E-state index in [1.807, 2.05) is 61.7 Å². The molecule has 0 aliphatic heterocycles. The summed E-state index contributed by atoms with van der Waals surface area (Å²) in [5, 5.41) is 12.7. The summed E-state index contributed by atoms with van der Waals surface area (Å²) in [6, 6.07) is 15.8. The van der Waals surface area contributed by atoms with Crippen LogP contribution in [-0.4, -0.2) is 10.1 Å². The van der Waals surface area contributed by atoms with E-state index in [9.17, 15) is 5.11 Å². The van der Waals surface area contributed by atoms with Crippen LogP contribution in [0.3, 0.4) is 0 Å². The third-order valence-electron chi connectivity index (χ3n) is 3.49. The van der Waals surface area contributed by atoms with Gasteiger partial charge in [0.2, 0.25) is 0 Å². The maximum absolute atomic E-state index is 10.7. The van der Waals surface area contributed by atoms with Crippen molar-refractivity contribution in [2.75, 3.05) is 0 Å². The highest BCUT2D eigenvalue weighted by atomic mass is 16.3. The van der Waals surface area contributed by atoms with Gasteiger partial charge in [0.05, 0.1) is 0 Å². The second-order valence-electron chi connectivity index (χ2n) is 4.70. The van der Waals surface area contributed by atoms with E-state index in [2.05, 4.69) is 4.98 Å². The molecule has 1 aromatic heterocycles. The minimum Gasteiger partial charge on any atom is -0.384 e. The molecule has 1 atom stereocenters. The van der Waals surface area contributed by atoms with Gasteiger partial charge in [0, 0.05) is 17.8 Å². The molecule has 2 heteroatoms. The fourth-order valence-corrected chi connectivity index (χ4v) is 2.45. The highest BCUT2D eigenvalue weighted by Crippen LogP contribution is 2.29. The Kier molecular flexibility index (Phi) is 3.02. The summed E-state index contributed by atoms with van der Waals surface area (Å²) >= 11 is 0. The predicted molar refractivity (Wildman–Crippen MR) is 77.0 cm³/mol. The van der Waals surface area contributed by atoms with Crippen LogP contribution < -0.4 is 0 Å². The summed E-state index contributed by atoms with van der Waals surface area (Å²) in [5.74, 6) is 0. The Hall–Kier alpha value is -2.19. The van der Waals surface area contributed by atoms with Crippen LogP contribution in [0.25, 0.3) is 10.8 Å². The first-order valence-corrected chi connectivity index (χ1v) is 6.33. The lowest BCUT2D eigenvalue weighted by atomic mass is 9.94. The highest BCUT2D eigenvalue weighted by Gasteiger charge is 2.14. The van der Waals surface area contributed by atoms with Gasteiger partial charge in [0.15, 0.2) is 0 Å². The first-order valence-electron chi connectivity index (χ1n) is 6.33. The van der Waals surface area contributed by atoms with E-state index in [0.717, 1.165) is 27.5 Å². The summed E-state index contributed by atoms with van der Waals surface area (Å²) < 4.78 is 0. The second kappa shape index (κ2) is 4.82. The minimum atomic E-state index is -0.604. The maximum Gasteiger partial charge on any atom is 0.105 e. The van der Waals surface area contributed by atoms with Crippen LogP contribution in [0.15, 0.2) is 60.9 Å². The van der Waals surface area contributed by atoms with Crippen LogP contribution in [0.5, 0.6) is 0 Å². The molecule has 1 N–H and O–H groups in total. The topological polar surface area (TPSA) is 33.1 Å². The molecule has 0 spiro atoms. The fourth-order valence-electron chi connectivity index (χ4n) is 2.45. The number of benzene rings is 2. The molecule has 1 unspecified atom stereocenters. The summed E-state index contributed by atoms with van der Waals surface area (Å²) in [5.41, 5.74) is 2.97. The number of nitrogens with zero attached hydrogens (tertiary/aromatic N) is 1. The average molecular weight is 249 g/mol. The molecule has 0 radical (unpaired) electrons. The number of aliphatic hydroxyl groups is 1. The highest BCUT2D eigenvalue weighted by molar-refractivity contribution is 5.85. The van der Waals surface area contributed by atoms with E-state index in [-0.39, 0.29) is 0 Å². The number of pyridine rings is 1. The average Bonchev–Trinajstić information content (AvgIpc) is 2.46. The van der Waals surface area contributed by atoms with Crippen LogP contribution in [-0.2, 0) is 0 Å². The maximum atomic E-state index is 10.7. The molecular weight excluding hydrogens is 234 g/mol. The SMILES string of the molecule is Cc1ccccc1C(O)c1cccc2cnccc12. The Morgan fingerprint density at radius 2 is 1.74 bits per heavy atom. The Labute approximate surface area is 112 Å². The summed E-state index contributed by atoms with van der Waals surface area (Å²) in [7, 11) is 0. The van der Waals surface area contributed by atoms with Gasteiger partial charge in [0.1, 0.15) is 6.10 Å². The molecule has 0 bridgehead atoms. The zero-order valence-electron chi connectivity index (χ0n) is 10.7. The molecule has 2 nitrogen and oxygen atoms in total. The standard InChI is InChI=1S/C17H15NO/c1-12-5-2-3-7-14(12)17(19)16-8-4-6-13-11-18-10-9-15(13)16/h2-11,17,19H,1H3. The van der Waals surface area contributed by atoms with Gasteiger partial charge in [-0.15, -0.1) is 0 Å². The predicted octanol–water partition coefficient (Wildman–Crippen LogP) is 3.62. The van der Waals surface area contributed by atoms with Gasteiger partial charge >= 0.3 is 0 Å². The van der Waals surface area contributed by atoms with Gasteiger partial charge in [0.25, 0.3) is 0 Å². The number of rotatable bonds is 2. The van der Waals surface area contributed by atoms with Crippen LogP contribution in [0, 0.1) is 6.92 Å². The molecule has 0 aliphatic carbocycles. The molecule has 19 heavy (non-hydrogen) atoms. The number of aromatic nitrogens is 1. The zero-order chi connectivity index (χ0) is 13.2. The molecule has 3 aromatic rings. The van der Waals surface area contributed by atoms with Crippen molar-refractivity contribution in [2.45, 2.75) is 13.0 Å². The van der Waals surface area contributed by atoms with Crippen LogP contribution in [0.1, 0.15) is 22.8 Å². The zero-order valence-corrected chi connectivity index (χ0v) is 10.7. The molecule has 3 rings (SSSR count). The minimum absolute atomic E-state index is 0.604. The van der Waals surface area contributed by atoms with Gasteiger partial charge < -0.3 is 5.11 Å². The molecule has 1 heterocycles. The van der Waals surface area contributed by atoms with Crippen molar-refractivity contribution in [3.63, 3.8) is 0 Å². The third-order valence-corrected chi connectivity index (χ3v) is 3.49. The van der Waals surface area contributed by atoms with Gasteiger partial charge in [-0.1, -0.05) is 42.5 Å². The van der Waals surface area contributed by atoms with E-state index < -0.39 is 6.10 Å². The van der Waals surface area contributed by atoms with E-state index in [1.165, 1.54) is 0 Å². The first-order chi connectivity index (χ1) is 9.27. The molecule has 0 aliphatic rings. The summed E-state index contributed by atoms with van der Waals surface area (Å²) in [6.07, 6.45) is 2.98. The molecule has 0 fully saturated rings. The van der Waals surface area contributed by atoms with Crippen molar-refractivity contribution in [2.24, 2.45) is 0 Å². The summed E-state index contributed by atoms with van der Waals surface area (Å²) in [4.78, 5) is 4.12. The van der Waals surface area contributed by atoms with Gasteiger partial charge in [-0.2, -0.15) is 0 Å². The Morgan fingerprint density at radius 3 is 2.58 bits per heavy atom. The molecule has 0 saturated heterocycles. The van der Waals surface area contributed by atoms with Crippen LogP contribution in [0.2, 0.25) is 0 Å². The van der Waals surface area contributed by atoms with Crippen molar-refractivity contribution < 1.29 is 5.11 Å². The smallest absolute Gasteiger partial charge is 0.105 e. The lowest BCUT2D eigenvalue weighted by molar-refractivity contribution is 0.221. The van der Waals surface area contributed by atoms with Gasteiger partial charge in [-0.25, -0.2) is 0 Å². The van der Waals surface area contributed by atoms with Crippen molar-refractivity contribution in [3.05, 3.63) is 77.6 Å². The lowest BCUT2D eigenvalue weighted by Gasteiger charge is -2.16. The summed E-state index contributed by atoms with van der Waals surface area (Å²) in [6.45, 7) is 2.02. The number of hydrogen-bond acceptors (Lipinski definition) is 2. The Bertz CT molecular complexity index is 716. The number of aryl methyl sites for hydroxylation is 1. The van der Waals surface area contributed by atoms with Gasteiger partial charge in [-0.3, -0.25) is 4.98 Å². The largest absolute Gasteiger partial charge is 0.384 e. The quantitative estimate of drug-likeness (QED) is 0.752. The normalized spacial score (nSPS) is 12.5.